The van der Waals surface area contributed by atoms with Crippen LogP contribution in [0.25, 0.3) is 0 Å². The molecule has 7 heteroatoms. The molecule has 22 heavy (non-hydrogen) atoms. The summed E-state index contributed by atoms with van der Waals surface area (Å²) in [5.41, 5.74) is -0.457. The highest BCUT2D eigenvalue weighted by Gasteiger charge is 2.38. The highest BCUT2D eigenvalue weighted by molar-refractivity contribution is 5.97. The van der Waals surface area contributed by atoms with Crippen LogP contribution in [0, 0.1) is 6.92 Å². The van der Waals surface area contributed by atoms with Crippen molar-refractivity contribution in [3.63, 3.8) is 0 Å². The predicted molar refractivity (Wildman–Crippen MR) is 74.8 cm³/mol. The van der Waals surface area contributed by atoms with E-state index in [1.807, 2.05) is 0 Å². The van der Waals surface area contributed by atoms with E-state index in [0.717, 1.165) is 12.8 Å². The van der Waals surface area contributed by atoms with E-state index < -0.39 is 24.3 Å². The number of nitrogens with one attached hydrogen (secondary N) is 1. The van der Waals surface area contributed by atoms with Crippen molar-refractivity contribution in [2.45, 2.75) is 44.4 Å². The van der Waals surface area contributed by atoms with Gasteiger partial charge in [-0.3, -0.25) is 4.79 Å². The number of aryl methyl sites for hydroxylation is 1. The summed E-state index contributed by atoms with van der Waals surface area (Å²) in [6, 6.07) is 4.34. The Morgan fingerprint density at radius 3 is 2.55 bits per heavy atom. The second kappa shape index (κ2) is 6.16. The van der Waals surface area contributed by atoms with Crippen molar-refractivity contribution in [2.75, 3.05) is 11.9 Å². The first kappa shape index (κ1) is 16.6. The number of ether oxygens (including phenoxy) is 1. The fourth-order valence-corrected chi connectivity index (χ4v) is 2.48. The van der Waals surface area contributed by atoms with Gasteiger partial charge in [-0.25, -0.2) is 0 Å². The number of alkyl halides is 3. The Balaban J connectivity index is 2.01. The maximum absolute atomic E-state index is 12.1. The number of halogens is 3. The summed E-state index contributed by atoms with van der Waals surface area (Å²) in [5, 5.41) is 12.8. The summed E-state index contributed by atoms with van der Waals surface area (Å²) in [5.74, 6) is -0.372. The molecule has 1 aromatic rings. The zero-order valence-electron chi connectivity index (χ0n) is 12.2. The first-order chi connectivity index (χ1) is 10.2. The van der Waals surface area contributed by atoms with Gasteiger partial charge in [0.2, 0.25) is 0 Å². The molecule has 1 aliphatic carbocycles. The average molecular weight is 317 g/mol. The maximum Gasteiger partial charge on any atom is 0.422 e. The maximum atomic E-state index is 12.1. The molecule has 1 fully saturated rings. The fraction of sp³-hybridized carbons (Fsp3) is 0.533. The highest BCUT2D eigenvalue weighted by Crippen LogP contribution is 2.31. The normalized spacial score (nSPS) is 17.3. The lowest BCUT2D eigenvalue weighted by Gasteiger charge is -2.21. The van der Waals surface area contributed by atoms with E-state index in [1.54, 1.807) is 6.92 Å². The van der Waals surface area contributed by atoms with Crippen molar-refractivity contribution < 1.29 is 27.8 Å². The van der Waals surface area contributed by atoms with E-state index in [9.17, 15) is 23.1 Å². The van der Waals surface area contributed by atoms with Crippen LogP contribution >= 0.6 is 0 Å². The number of aliphatic hydroxyl groups is 1. The van der Waals surface area contributed by atoms with Gasteiger partial charge in [0.25, 0.3) is 5.91 Å². The average Bonchev–Trinajstić information content (AvgIpc) is 2.85. The largest absolute Gasteiger partial charge is 0.484 e. The molecular formula is C15H18F3NO3. The lowest BCUT2D eigenvalue weighted by Crippen LogP contribution is -2.40. The number of anilines is 1. The molecule has 0 spiro atoms. The van der Waals surface area contributed by atoms with Crippen molar-refractivity contribution >= 4 is 11.6 Å². The lowest BCUT2D eigenvalue weighted by atomic mass is 10.0. The third-order valence-electron chi connectivity index (χ3n) is 3.68. The molecule has 2 rings (SSSR count). The first-order valence-corrected chi connectivity index (χ1v) is 7.04. The molecule has 0 saturated heterocycles. The highest BCUT2D eigenvalue weighted by atomic mass is 19.4. The van der Waals surface area contributed by atoms with Crippen LogP contribution in [0.2, 0.25) is 0 Å². The van der Waals surface area contributed by atoms with Crippen LogP contribution in [0.15, 0.2) is 18.2 Å². The molecule has 122 valence electrons. The SMILES string of the molecule is Cc1cc(NC(=O)C2(O)CCCC2)ccc1OCC(F)(F)F. The van der Waals surface area contributed by atoms with Gasteiger partial charge < -0.3 is 15.2 Å². The minimum absolute atomic E-state index is 0.106. The van der Waals surface area contributed by atoms with Gasteiger partial charge in [0, 0.05) is 5.69 Å². The molecule has 4 nitrogen and oxygen atoms in total. The summed E-state index contributed by atoms with van der Waals surface area (Å²) >= 11 is 0. The van der Waals surface area contributed by atoms with Crippen LogP contribution in [0.4, 0.5) is 18.9 Å². The molecule has 0 heterocycles. The Morgan fingerprint density at radius 1 is 1.36 bits per heavy atom. The van der Waals surface area contributed by atoms with Crippen LogP contribution < -0.4 is 10.1 Å². The molecular weight excluding hydrogens is 299 g/mol. The number of hydrogen-bond donors (Lipinski definition) is 2. The van der Waals surface area contributed by atoms with Gasteiger partial charge in [0.15, 0.2) is 6.61 Å². The summed E-state index contributed by atoms with van der Waals surface area (Å²) in [6.45, 7) is 0.227. The van der Waals surface area contributed by atoms with Crippen molar-refractivity contribution in [3.8, 4) is 5.75 Å². The Labute approximate surface area is 126 Å². The summed E-state index contributed by atoms with van der Waals surface area (Å²) in [7, 11) is 0. The minimum Gasteiger partial charge on any atom is -0.484 e. The summed E-state index contributed by atoms with van der Waals surface area (Å²) < 4.78 is 41.1. The first-order valence-electron chi connectivity index (χ1n) is 7.04. The molecule has 0 bridgehead atoms. The molecule has 0 aromatic heterocycles. The second-order valence-electron chi connectivity index (χ2n) is 5.58. The van der Waals surface area contributed by atoms with Crippen molar-refractivity contribution in [2.24, 2.45) is 0 Å². The van der Waals surface area contributed by atoms with Gasteiger partial charge in [-0.2, -0.15) is 13.2 Å². The van der Waals surface area contributed by atoms with Crippen LogP contribution in [0.3, 0.4) is 0 Å². The van der Waals surface area contributed by atoms with Crippen molar-refractivity contribution in [1.82, 2.24) is 0 Å². The van der Waals surface area contributed by atoms with E-state index in [4.69, 9.17) is 4.74 Å². The Bertz CT molecular complexity index is 551. The summed E-state index contributed by atoms with van der Waals surface area (Å²) in [4.78, 5) is 12.0. The smallest absolute Gasteiger partial charge is 0.422 e. The van der Waals surface area contributed by atoms with E-state index in [2.05, 4.69) is 5.32 Å². The van der Waals surface area contributed by atoms with E-state index >= 15 is 0 Å². The number of amides is 1. The van der Waals surface area contributed by atoms with E-state index in [0.29, 0.717) is 24.1 Å². The van der Waals surface area contributed by atoms with Gasteiger partial charge in [-0.15, -0.1) is 0 Å². The van der Waals surface area contributed by atoms with Gasteiger partial charge in [-0.1, -0.05) is 0 Å². The second-order valence-corrected chi connectivity index (χ2v) is 5.58. The van der Waals surface area contributed by atoms with Crippen molar-refractivity contribution in [1.29, 1.82) is 0 Å². The number of carbonyl (C=O) groups excluding carboxylic acids is 1. The third-order valence-corrected chi connectivity index (χ3v) is 3.68. The Hall–Kier alpha value is -1.76. The number of hydrogen-bond acceptors (Lipinski definition) is 3. The zero-order chi connectivity index (χ0) is 16.4. The van der Waals surface area contributed by atoms with Gasteiger partial charge in [0.05, 0.1) is 0 Å². The van der Waals surface area contributed by atoms with Crippen LogP contribution in [0.5, 0.6) is 5.75 Å². The van der Waals surface area contributed by atoms with E-state index in [1.165, 1.54) is 18.2 Å². The van der Waals surface area contributed by atoms with Crippen molar-refractivity contribution in [3.05, 3.63) is 23.8 Å². The Morgan fingerprint density at radius 2 is 2.00 bits per heavy atom. The molecule has 0 aliphatic heterocycles. The van der Waals surface area contributed by atoms with Gasteiger partial charge in [-0.05, 0) is 56.4 Å². The van der Waals surface area contributed by atoms with Crippen LogP contribution in [-0.4, -0.2) is 29.4 Å². The number of rotatable bonds is 4. The van der Waals surface area contributed by atoms with Crippen LogP contribution in [0.1, 0.15) is 31.2 Å². The summed E-state index contributed by atoms with van der Waals surface area (Å²) in [6.07, 6.45) is -1.96. The number of carbonyl (C=O) groups is 1. The zero-order valence-corrected chi connectivity index (χ0v) is 12.2. The fourth-order valence-electron chi connectivity index (χ4n) is 2.48. The van der Waals surface area contributed by atoms with Gasteiger partial charge in [0.1, 0.15) is 11.4 Å². The lowest BCUT2D eigenvalue weighted by molar-refractivity contribution is -0.153. The number of benzene rings is 1. The quantitative estimate of drug-likeness (QED) is 0.897. The molecule has 2 N–H and O–H groups in total. The topological polar surface area (TPSA) is 58.6 Å². The Kier molecular flexibility index (Phi) is 4.65. The molecule has 1 aromatic carbocycles. The molecule has 0 atom stereocenters. The molecule has 1 amide bonds. The minimum atomic E-state index is -4.40. The monoisotopic (exact) mass is 317 g/mol. The van der Waals surface area contributed by atoms with E-state index in [-0.39, 0.29) is 5.75 Å². The van der Waals surface area contributed by atoms with Gasteiger partial charge >= 0.3 is 6.18 Å². The third kappa shape index (κ3) is 4.13. The molecule has 1 saturated carbocycles. The van der Waals surface area contributed by atoms with Crippen LogP contribution in [-0.2, 0) is 4.79 Å². The predicted octanol–water partition coefficient (Wildman–Crippen LogP) is 3.18. The standard InChI is InChI=1S/C15H18F3NO3/c1-10-8-11(4-5-12(10)22-9-15(16,17)18)19-13(20)14(21)6-2-3-7-14/h4-5,8,21H,2-3,6-7,9H2,1H3,(H,19,20). The molecule has 0 radical (unpaired) electrons. The molecule has 0 unspecified atom stereocenters. The molecule has 1 aliphatic rings.